The van der Waals surface area contributed by atoms with Gasteiger partial charge in [-0.2, -0.15) is 9.94 Å². The minimum atomic E-state index is -4.02. The van der Waals surface area contributed by atoms with Crippen molar-refractivity contribution in [2.75, 3.05) is 12.0 Å². The minimum Gasteiger partial charge on any atom is -0.395 e. The molecule has 1 heterocycles. The van der Waals surface area contributed by atoms with Crippen LogP contribution in [0.2, 0.25) is 0 Å². The summed E-state index contributed by atoms with van der Waals surface area (Å²) in [5.74, 6) is -2.22. The highest BCUT2D eigenvalue weighted by Crippen LogP contribution is 2.29. The summed E-state index contributed by atoms with van der Waals surface area (Å²) in [5.41, 5.74) is 2.16. The number of nitriles is 1. The summed E-state index contributed by atoms with van der Waals surface area (Å²) in [4.78, 5) is 11.6. The van der Waals surface area contributed by atoms with E-state index in [0.29, 0.717) is 15.3 Å². The normalized spacial score (nSPS) is 11.7. The fourth-order valence-electron chi connectivity index (χ4n) is 2.23. The maximum atomic E-state index is 14.5. The van der Waals surface area contributed by atoms with Gasteiger partial charge in [-0.05, 0) is 13.0 Å². The van der Waals surface area contributed by atoms with Gasteiger partial charge in [0.1, 0.15) is 11.8 Å². The second-order valence-corrected chi connectivity index (χ2v) is 6.96. The lowest BCUT2D eigenvalue weighted by Gasteiger charge is -2.10. The lowest BCUT2D eigenvalue weighted by atomic mass is 10.1. The molecule has 0 fully saturated rings. The van der Waals surface area contributed by atoms with Gasteiger partial charge in [-0.25, -0.2) is 26.4 Å². The highest BCUT2D eigenvalue weighted by atomic mass is 32.2. The molecule has 0 saturated heterocycles. The number of benzene rings is 1. The number of nitrogens with two attached hydrogens (primary N) is 1. The summed E-state index contributed by atoms with van der Waals surface area (Å²) in [5, 5.41) is 12.4. The summed E-state index contributed by atoms with van der Waals surface area (Å²) in [6.07, 6.45) is -2.36. The Bertz CT molecular complexity index is 1050. The van der Waals surface area contributed by atoms with Crippen LogP contribution in [0.15, 0.2) is 15.8 Å². The van der Waals surface area contributed by atoms with E-state index in [1.165, 1.54) is 13.0 Å². The average molecular weight is 375 g/mol. The molecule has 0 bridgehead atoms. The zero-order chi connectivity index (χ0) is 19.1. The number of sulfone groups is 1. The van der Waals surface area contributed by atoms with Gasteiger partial charge in [0.05, 0.1) is 16.1 Å². The van der Waals surface area contributed by atoms with Crippen LogP contribution in [0.1, 0.15) is 24.7 Å². The van der Waals surface area contributed by atoms with Gasteiger partial charge < -0.3 is 5.73 Å². The van der Waals surface area contributed by atoms with Crippen LogP contribution in [-0.4, -0.2) is 29.0 Å². The van der Waals surface area contributed by atoms with Crippen molar-refractivity contribution in [3.8, 4) is 11.8 Å². The van der Waals surface area contributed by atoms with Crippen LogP contribution < -0.4 is 11.4 Å². The molecule has 0 amide bonds. The van der Waals surface area contributed by atoms with Gasteiger partial charge in [0.15, 0.2) is 15.7 Å². The number of alkyl halides is 2. The average Bonchev–Trinajstić information content (AvgIpc) is 2.85. The third kappa shape index (κ3) is 2.98. The fourth-order valence-corrected chi connectivity index (χ4v) is 3.08. The molecular formula is C13H12F3N5O3S. The second-order valence-electron chi connectivity index (χ2n) is 4.98. The molecule has 12 heteroatoms. The zero-order valence-corrected chi connectivity index (χ0v) is 13.8. The summed E-state index contributed by atoms with van der Waals surface area (Å²) in [7, 11) is -4.02. The standard InChI is InChI=1S/C13H12F3N5O3S/c1-3-20-12(11(15)16)19-21(13(20)22)7-4-8(25(2,23)24)6(5-17)10(18)9(7)14/h4,11H,3,18H2,1-2H3. The molecule has 2 rings (SSSR count). The van der Waals surface area contributed by atoms with Gasteiger partial charge in [0.25, 0.3) is 6.43 Å². The van der Waals surface area contributed by atoms with Gasteiger partial charge in [0, 0.05) is 12.8 Å². The number of rotatable bonds is 4. The Morgan fingerprint density at radius 3 is 2.44 bits per heavy atom. The van der Waals surface area contributed by atoms with Gasteiger partial charge >= 0.3 is 5.69 Å². The lowest BCUT2D eigenvalue weighted by Crippen LogP contribution is -2.25. The maximum absolute atomic E-state index is 14.5. The SMILES string of the molecule is CCn1c(C(F)F)nn(-c2cc(S(C)(=O)=O)c(C#N)c(N)c2F)c1=O. The van der Waals surface area contributed by atoms with E-state index in [4.69, 9.17) is 11.0 Å². The summed E-state index contributed by atoms with van der Waals surface area (Å²) in [6, 6.07) is 2.14. The molecule has 0 aliphatic rings. The first-order chi connectivity index (χ1) is 11.5. The number of halogens is 3. The molecule has 1 aromatic carbocycles. The fraction of sp³-hybridized carbons (Fsp3) is 0.308. The molecule has 8 nitrogen and oxygen atoms in total. The van der Waals surface area contributed by atoms with Crippen LogP contribution >= 0.6 is 0 Å². The molecule has 2 aromatic rings. The Labute approximate surface area is 139 Å². The molecule has 0 unspecified atom stereocenters. The Kier molecular flexibility index (Phi) is 4.63. The van der Waals surface area contributed by atoms with Crippen molar-refractivity contribution in [2.24, 2.45) is 0 Å². The van der Waals surface area contributed by atoms with Crippen molar-refractivity contribution in [1.82, 2.24) is 14.3 Å². The van der Waals surface area contributed by atoms with Crippen LogP contribution in [0.5, 0.6) is 0 Å². The highest BCUT2D eigenvalue weighted by molar-refractivity contribution is 7.90. The van der Waals surface area contributed by atoms with Crippen molar-refractivity contribution < 1.29 is 21.6 Å². The van der Waals surface area contributed by atoms with E-state index in [-0.39, 0.29) is 6.54 Å². The van der Waals surface area contributed by atoms with Gasteiger partial charge in [-0.3, -0.25) is 4.57 Å². The molecule has 0 aliphatic carbocycles. The topological polar surface area (TPSA) is 124 Å². The van der Waals surface area contributed by atoms with Crippen LogP contribution in [0.3, 0.4) is 0 Å². The van der Waals surface area contributed by atoms with E-state index in [1.807, 2.05) is 0 Å². The Morgan fingerprint density at radius 1 is 1.44 bits per heavy atom. The van der Waals surface area contributed by atoms with Crippen molar-refractivity contribution in [3.05, 3.63) is 33.8 Å². The molecule has 0 spiro atoms. The third-order valence-electron chi connectivity index (χ3n) is 3.39. The molecule has 0 atom stereocenters. The maximum Gasteiger partial charge on any atom is 0.350 e. The molecule has 1 aromatic heterocycles. The second kappa shape index (κ2) is 6.25. The zero-order valence-electron chi connectivity index (χ0n) is 13.0. The first kappa shape index (κ1) is 18.5. The molecule has 2 N–H and O–H groups in total. The van der Waals surface area contributed by atoms with E-state index < -0.39 is 55.4 Å². The van der Waals surface area contributed by atoms with Crippen molar-refractivity contribution in [1.29, 1.82) is 5.26 Å². The third-order valence-corrected chi connectivity index (χ3v) is 4.51. The summed E-state index contributed by atoms with van der Waals surface area (Å²) in [6.45, 7) is 1.25. The molecule has 0 radical (unpaired) electrons. The van der Waals surface area contributed by atoms with E-state index >= 15 is 0 Å². The molecule has 0 aliphatic heterocycles. The Balaban J connectivity index is 2.94. The number of nitrogen functional groups attached to an aromatic ring is 1. The van der Waals surface area contributed by atoms with E-state index in [0.717, 1.165) is 6.26 Å². The van der Waals surface area contributed by atoms with Crippen molar-refractivity contribution in [3.63, 3.8) is 0 Å². The van der Waals surface area contributed by atoms with Crippen LogP contribution in [0, 0.1) is 17.1 Å². The summed E-state index contributed by atoms with van der Waals surface area (Å²) >= 11 is 0. The first-order valence-corrected chi connectivity index (χ1v) is 8.64. The van der Waals surface area contributed by atoms with E-state index in [1.54, 1.807) is 0 Å². The first-order valence-electron chi connectivity index (χ1n) is 6.74. The van der Waals surface area contributed by atoms with Crippen molar-refractivity contribution in [2.45, 2.75) is 24.8 Å². The number of hydrogen-bond donors (Lipinski definition) is 1. The molecule has 0 saturated carbocycles. The van der Waals surface area contributed by atoms with Crippen LogP contribution in [0.4, 0.5) is 18.9 Å². The number of aromatic nitrogens is 3. The number of nitrogens with zero attached hydrogens (tertiary/aromatic N) is 4. The quantitative estimate of drug-likeness (QED) is 0.628. The van der Waals surface area contributed by atoms with E-state index in [9.17, 15) is 26.4 Å². The van der Waals surface area contributed by atoms with Gasteiger partial charge in [-0.15, -0.1) is 5.10 Å². The van der Waals surface area contributed by atoms with E-state index in [2.05, 4.69) is 5.10 Å². The van der Waals surface area contributed by atoms with Crippen molar-refractivity contribution >= 4 is 15.5 Å². The largest absolute Gasteiger partial charge is 0.395 e. The molecular weight excluding hydrogens is 363 g/mol. The van der Waals surface area contributed by atoms with Gasteiger partial charge in [0.2, 0.25) is 5.82 Å². The predicted molar refractivity (Wildman–Crippen MR) is 80.7 cm³/mol. The Morgan fingerprint density at radius 2 is 2.04 bits per heavy atom. The monoisotopic (exact) mass is 375 g/mol. The van der Waals surface area contributed by atoms with Crippen LogP contribution in [-0.2, 0) is 16.4 Å². The lowest BCUT2D eigenvalue weighted by molar-refractivity contribution is 0.134. The number of anilines is 1. The predicted octanol–water partition coefficient (Wildman–Crippen LogP) is 0.988. The molecule has 134 valence electrons. The van der Waals surface area contributed by atoms with Gasteiger partial charge in [-0.1, -0.05) is 0 Å². The van der Waals surface area contributed by atoms with Crippen LogP contribution in [0.25, 0.3) is 5.69 Å². The minimum absolute atomic E-state index is 0.162. The Hall–Kier alpha value is -2.81. The molecule has 25 heavy (non-hydrogen) atoms. The smallest absolute Gasteiger partial charge is 0.350 e. The number of hydrogen-bond acceptors (Lipinski definition) is 6. The summed E-state index contributed by atoms with van der Waals surface area (Å²) < 4.78 is 65.0. The highest BCUT2D eigenvalue weighted by Gasteiger charge is 2.27.